The molecule has 0 aromatic carbocycles. The molecular formula is C16H24N6O2. The van der Waals surface area contributed by atoms with E-state index in [9.17, 15) is 0 Å². The second-order valence-electron chi connectivity index (χ2n) is 6.12. The Morgan fingerprint density at radius 1 is 1.46 bits per heavy atom. The molecule has 0 aliphatic carbocycles. The summed E-state index contributed by atoms with van der Waals surface area (Å²) in [6, 6.07) is 4.38. The molecule has 2 aromatic rings. The van der Waals surface area contributed by atoms with Gasteiger partial charge in [-0.1, -0.05) is 5.16 Å². The Balaban J connectivity index is 1.54. The van der Waals surface area contributed by atoms with Gasteiger partial charge in [0.05, 0.1) is 13.2 Å². The molecule has 3 rings (SSSR count). The molecule has 2 aromatic heterocycles. The van der Waals surface area contributed by atoms with E-state index < -0.39 is 0 Å². The van der Waals surface area contributed by atoms with E-state index >= 15 is 0 Å². The van der Waals surface area contributed by atoms with Crippen LogP contribution in [0.4, 0.5) is 5.82 Å². The van der Waals surface area contributed by atoms with Crippen molar-refractivity contribution in [1.82, 2.24) is 25.2 Å². The first-order valence-electron chi connectivity index (χ1n) is 8.29. The first-order chi connectivity index (χ1) is 11.8. The zero-order chi connectivity index (χ0) is 16.8. The third-order valence-electron chi connectivity index (χ3n) is 4.20. The lowest BCUT2D eigenvalue weighted by atomic mass is 10.2. The van der Waals surface area contributed by atoms with Gasteiger partial charge >= 0.3 is 0 Å². The maximum atomic E-state index is 5.31. The van der Waals surface area contributed by atoms with Gasteiger partial charge in [-0.05, 0) is 32.0 Å². The number of hydrogen-bond donors (Lipinski definition) is 0. The van der Waals surface area contributed by atoms with Crippen LogP contribution in [0.15, 0.2) is 22.9 Å². The zero-order valence-corrected chi connectivity index (χ0v) is 14.3. The van der Waals surface area contributed by atoms with Crippen LogP contribution in [-0.2, 0) is 17.7 Å². The average molecular weight is 332 g/mol. The molecule has 0 spiro atoms. The largest absolute Gasteiger partial charge is 0.384 e. The molecule has 24 heavy (non-hydrogen) atoms. The standard InChI is InChI=1S/C16H24N6O2/c1-21(12-16-18-14(20-24-16)7-10-23-2)11-13-5-4-9-22(13)15-6-3-8-17-19-15/h3,6,8,13H,4-5,7,9-12H2,1-2H3. The van der Waals surface area contributed by atoms with E-state index in [1.165, 1.54) is 6.42 Å². The Morgan fingerprint density at radius 3 is 3.17 bits per heavy atom. The average Bonchev–Trinajstić information content (AvgIpc) is 3.23. The Hall–Kier alpha value is -2.06. The quantitative estimate of drug-likeness (QED) is 0.712. The molecule has 1 aliphatic heterocycles. The van der Waals surface area contributed by atoms with Gasteiger partial charge in [0.2, 0.25) is 5.89 Å². The van der Waals surface area contributed by atoms with Crippen LogP contribution in [-0.4, -0.2) is 65.1 Å². The molecule has 8 heteroatoms. The summed E-state index contributed by atoms with van der Waals surface area (Å²) >= 11 is 0. The molecule has 0 saturated carbocycles. The van der Waals surface area contributed by atoms with Crippen molar-refractivity contribution < 1.29 is 9.26 Å². The summed E-state index contributed by atoms with van der Waals surface area (Å²) in [4.78, 5) is 8.95. The van der Waals surface area contributed by atoms with Crippen LogP contribution in [0.1, 0.15) is 24.6 Å². The number of hydrogen-bond acceptors (Lipinski definition) is 8. The number of anilines is 1. The second kappa shape index (κ2) is 8.16. The monoisotopic (exact) mass is 332 g/mol. The van der Waals surface area contributed by atoms with Crippen molar-refractivity contribution in [2.45, 2.75) is 31.8 Å². The Morgan fingerprint density at radius 2 is 2.38 bits per heavy atom. The molecule has 1 aliphatic rings. The van der Waals surface area contributed by atoms with Crippen molar-refractivity contribution in [3.63, 3.8) is 0 Å². The van der Waals surface area contributed by atoms with Gasteiger partial charge in [-0.15, -0.1) is 5.10 Å². The van der Waals surface area contributed by atoms with Gasteiger partial charge < -0.3 is 14.2 Å². The summed E-state index contributed by atoms with van der Waals surface area (Å²) in [6.07, 6.45) is 4.71. The van der Waals surface area contributed by atoms with Gasteiger partial charge in [0.1, 0.15) is 0 Å². The molecule has 0 bridgehead atoms. The molecule has 0 amide bonds. The lowest BCUT2D eigenvalue weighted by Gasteiger charge is -2.28. The number of nitrogens with zero attached hydrogens (tertiary/aromatic N) is 6. The number of ether oxygens (including phenoxy) is 1. The molecular weight excluding hydrogens is 308 g/mol. The van der Waals surface area contributed by atoms with Crippen molar-refractivity contribution >= 4 is 5.82 Å². The van der Waals surface area contributed by atoms with E-state index in [4.69, 9.17) is 9.26 Å². The van der Waals surface area contributed by atoms with Gasteiger partial charge in [0, 0.05) is 38.9 Å². The van der Waals surface area contributed by atoms with Crippen LogP contribution in [0.3, 0.4) is 0 Å². The van der Waals surface area contributed by atoms with Crippen LogP contribution < -0.4 is 4.90 Å². The van der Waals surface area contributed by atoms with Gasteiger partial charge in [-0.25, -0.2) is 0 Å². The summed E-state index contributed by atoms with van der Waals surface area (Å²) in [5.74, 6) is 2.29. The highest BCUT2D eigenvalue weighted by atomic mass is 16.5. The topological polar surface area (TPSA) is 80.4 Å². The minimum Gasteiger partial charge on any atom is -0.384 e. The maximum absolute atomic E-state index is 5.31. The van der Waals surface area contributed by atoms with Crippen molar-refractivity contribution in [2.24, 2.45) is 0 Å². The SMILES string of the molecule is COCCc1noc(CN(C)CC2CCCN2c2cccnn2)n1. The molecule has 0 N–H and O–H groups in total. The third kappa shape index (κ3) is 4.27. The number of methoxy groups -OCH3 is 1. The van der Waals surface area contributed by atoms with Gasteiger partial charge in [-0.2, -0.15) is 10.1 Å². The summed E-state index contributed by atoms with van der Waals surface area (Å²) in [7, 11) is 3.74. The molecule has 1 fully saturated rings. The minimum absolute atomic E-state index is 0.433. The molecule has 1 atom stereocenters. The summed E-state index contributed by atoms with van der Waals surface area (Å²) in [5.41, 5.74) is 0. The molecule has 3 heterocycles. The Labute approximate surface area is 141 Å². The lowest BCUT2D eigenvalue weighted by molar-refractivity contribution is 0.199. The van der Waals surface area contributed by atoms with Crippen LogP contribution in [0.2, 0.25) is 0 Å². The molecule has 0 radical (unpaired) electrons. The van der Waals surface area contributed by atoms with E-state index in [-0.39, 0.29) is 0 Å². The van der Waals surface area contributed by atoms with Gasteiger partial charge in [0.15, 0.2) is 11.6 Å². The van der Waals surface area contributed by atoms with E-state index in [0.717, 1.165) is 25.3 Å². The van der Waals surface area contributed by atoms with Crippen molar-refractivity contribution in [1.29, 1.82) is 0 Å². The highest BCUT2D eigenvalue weighted by Gasteiger charge is 2.27. The van der Waals surface area contributed by atoms with Crippen LogP contribution in [0.5, 0.6) is 0 Å². The highest BCUT2D eigenvalue weighted by molar-refractivity contribution is 5.39. The Kier molecular flexibility index (Phi) is 5.71. The van der Waals surface area contributed by atoms with Crippen molar-refractivity contribution in [3.8, 4) is 0 Å². The molecule has 1 saturated heterocycles. The van der Waals surface area contributed by atoms with Crippen LogP contribution in [0.25, 0.3) is 0 Å². The van der Waals surface area contributed by atoms with E-state index in [1.54, 1.807) is 13.3 Å². The fraction of sp³-hybridized carbons (Fsp3) is 0.625. The van der Waals surface area contributed by atoms with Gasteiger partial charge in [0.25, 0.3) is 0 Å². The molecule has 1 unspecified atom stereocenters. The van der Waals surface area contributed by atoms with E-state index in [0.29, 0.717) is 37.3 Å². The summed E-state index contributed by atoms with van der Waals surface area (Å²) in [6.45, 7) is 3.19. The van der Waals surface area contributed by atoms with E-state index in [1.807, 2.05) is 12.1 Å². The summed E-state index contributed by atoms with van der Waals surface area (Å²) in [5, 5.41) is 12.2. The van der Waals surface area contributed by atoms with Gasteiger partial charge in [-0.3, -0.25) is 4.90 Å². The first-order valence-corrected chi connectivity index (χ1v) is 8.29. The third-order valence-corrected chi connectivity index (χ3v) is 4.20. The van der Waals surface area contributed by atoms with E-state index in [2.05, 4.69) is 37.2 Å². The molecule has 8 nitrogen and oxygen atoms in total. The highest BCUT2D eigenvalue weighted by Crippen LogP contribution is 2.23. The number of likely N-dealkylation sites (N-methyl/N-ethyl adjacent to an activating group) is 1. The summed E-state index contributed by atoms with van der Waals surface area (Å²) < 4.78 is 10.3. The first kappa shape index (κ1) is 16.8. The maximum Gasteiger partial charge on any atom is 0.240 e. The lowest BCUT2D eigenvalue weighted by Crippen LogP contribution is -2.39. The van der Waals surface area contributed by atoms with Crippen LogP contribution in [0, 0.1) is 0 Å². The number of rotatable bonds is 8. The Bertz CT molecular complexity index is 620. The second-order valence-corrected chi connectivity index (χ2v) is 6.12. The van der Waals surface area contributed by atoms with Crippen molar-refractivity contribution in [2.75, 3.05) is 38.8 Å². The fourth-order valence-corrected chi connectivity index (χ4v) is 3.08. The normalized spacial score (nSPS) is 17.8. The smallest absolute Gasteiger partial charge is 0.240 e. The van der Waals surface area contributed by atoms with Crippen LogP contribution >= 0.6 is 0 Å². The predicted molar refractivity (Wildman–Crippen MR) is 88.6 cm³/mol. The fourth-order valence-electron chi connectivity index (χ4n) is 3.08. The minimum atomic E-state index is 0.433. The predicted octanol–water partition coefficient (Wildman–Crippen LogP) is 1.15. The van der Waals surface area contributed by atoms with Crippen molar-refractivity contribution in [3.05, 3.63) is 30.0 Å². The zero-order valence-electron chi connectivity index (χ0n) is 14.3. The number of aromatic nitrogens is 4. The molecule has 130 valence electrons.